The molecule has 0 atom stereocenters. The van der Waals surface area contributed by atoms with E-state index < -0.39 is 5.60 Å². The summed E-state index contributed by atoms with van der Waals surface area (Å²) in [7, 11) is 0. The molecule has 5 heteroatoms. The maximum absolute atomic E-state index is 11.4. The summed E-state index contributed by atoms with van der Waals surface area (Å²) in [6.07, 6.45) is 6.05. The van der Waals surface area contributed by atoms with Gasteiger partial charge >= 0.3 is 5.97 Å². The Hall–Kier alpha value is -1.09. The largest absolute Gasteiger partial charge is 0.460 e. The molecule has 0 saturated heterocycles. The van der Waals surface area contributed by atoms with Crippen molar-refractivity contribution in [2.75, 3.05) is 39.6 Å². The van der Waals surface area contributed by atoms with Gasteiger partial charge in [-0.05, 0) is 27.2 Å². The van der Waals surface area contributed by atoms with Crippen molar-refractivity contribution in [1.82, 2.24) is 0 Å². The lowest BCUT2D eigenvalue weighted by Gasteiger charge is -2.19. The van der Waals surface area contributed by atoms with Crippen molar-refractivity contribution in [2.24, 2.45) is 0 Å². The maximum Gasteiger partial charge on any atom is 0.306 e. The zero-order valence-electron chi connectivity index (χ0n) is 12.8. The highest BCUT2D eigenvalue weighted by atomic mass is 16.6. The van der Waals surface area contributed by atoms with Crippen LogP contribution in [0.3, 0.4) is 0 Å². The Morgan fingerprint density at radius 3 is 2.10 bits per heavy atom. The fraction of sp³-hybridized carbons (Fsp3) is 0.800. The van der Waals surface area contributed by atoms with Crippen LogP contribution in [0, 0.1) is 12.3 Å². The second-order valence-corrected chi connectivity index (χ2v) is 5.17. The minimum absolute atomic E-state index is 0.192. The van der Waals surface area contributed by atoms with Crippen molar-refractivity contribution in [3.8, 4) is 12.3 Å². The van der Waals surface area contributed by atoms with Gasteiger partial charge in [0.25, 0.3) is 0 Å². The molecule has 5 nitrogen and oxygen atoms in total. The van der Waals surface area contributed by atoms with Gasteiger partial charge in [0.2, 0.25) is 0 Å². The minimum atomic E-state index is -0.423. The molecule has 0 aliphatic heterocycles. The van der Waals surface area contributed by atoms with Crippen molar-refractivity contribution in [2.45, 2.75) is 39.2 Å². The number of carbonyl (C=O) groups is 1. The Kier molecular flexibility index (Phi) is 11.1. The molecule has 116 valence electrons. The molecule has 0 spiro atoms. The molecule has 0 aliphatic rings. The average molecular weight is 286 g/mol. The SMILES string of the molecule is C#CCOCCOCCOCCCC(=O)OC(C)(C)C. The molecule has 20 heavy (non-hydrogen) atoms. The van der Waals surface area contributed by atoms with E-state index >= 15 is 0 Å². The third-order valence-corrected chi connectivity index (χ3v) is 2.02. The first kappa shape index (κ1) is 18.9. The fourth-order valence-corrected chi connectivity index (χ4v) is 1.28. The fourth-order valence-electron chi connectivity index (χ4n) is 1.28. The molecular weight excluding hydrogens is 260 g/mol. The minimum Gasteiger partial charge on any atom is -0.460 e. The third kappa shape index (κ3) is 15.0. The molecule has 0 fully saturated rings. The second kappa shape index (κ2) is 11.7. The van der Waals surface area contributed by atoms with Gasteiger partial charge < -0.3 is 18.9 Å². The van der Waals surface area contributed by atoms with Gasteiger partial charge in [0.1, 0.15) is 12.2 Å². The number of terminal acetylenes is 1. The predicted octanol–water partition coefficient (Wildman–Crippen LogP) is 1.79. The Labute approximate surface area is 121 Å². The Balaban J connectivity index is 3.21. The number of hydrogen-bond acceptors (Lipinski definition) is 5. The highest BCUT2D eigenvalue weighted by Crippen LogP contribution is 2.08. The number of esters is 1. The molecule has 0 aromatic rings. The zero-order chi connectivity index (χ0) is 15.3. The van der Waals surface area contributed by atoms with Crippen molar-refractivity contribution in [3.63, 3.8) is 0 Å². The van der Waals surface area contributed by atoms with E-state index in [-0.39, 0.29) is 5.97 Å². The summed E-state index contributed by atoms with van der Waals surface area (Å²) in [6.45, 7) is 8.39. The highest BCUT2D eigenvalue weighted by Gasteiger charge is 2.15. The topological polar surface area (TPSA) is 54.0 Å². The van der Waals surface area contributed by atoms with Crippen LogP contribution < -0.4 is 0 Å². The molecular formula is C15H26O5. The first-order chi connectivity index (χ1) is 9.45. The van der Waals surface area contributed by atoms with Crippen LogP contribution in [0.2, 0.25) is 0 Å². The van der Waals surface area contributed by atoms with E-state index in [2.05, 4.69) is 5.92 Å². The van der Waals surface area contributed by atoms with Gasteiger partial charge in [-0.15, -0.1) is 6.42 Å². The summed E-state index contributed by atoms with van der Waals surface area (Å²) in [5.74, 6) is 2.18. The summed E-state index contributed by atoms with van der Waals surface area (Å²) < 4.78 is 20.8. The smallest absolute Gasteiger partial charge is 0.306 e. The van der Waals surface area contributed by atoms with Gasteiger partial charge in [-0.1, -0.05) is 5.92 Å². The summed E-state index contributed by atoms with van der Waals surface area (Å²) >= 11 is 0. The normalized spacial score (nSPS) is 11.1. The molecule has 0 unspecified atom stereocenters. The van der Waals surface area contributed by atoms with Crippen LogP contribution in [0.1, 0.15) is 33.6 Å². The summed E-state index contributed by atoms with van der Waals surface area (Å²) in [5, 5.41) is 0. The molecule has 0 aromatic heterocycles. The molecule has 0 amide bonds. The highest BCUT2D eigenvalue weighted by molar-refractivity contribution is 5.69. The van der Waals surface area contributed by atoms with Crippen LogP contribution in [-0.4, -0.2) is 51.2 Å². The predicted molar refractivity (Wildman–Crippen MR) is 76.4 cm³/mol. The Morgan fingerprint density at radius 2 is 1.55 bits per heavy atom. The van der Waals surface area contributed by atoms with Gasteiger partial charge in [0, 0.05) is 13.0 Å². The zero-order valence-corrected chi connectivity index (χ0v) is 12.8. The van der Waals surface area contributed by atoms with Crippen molar-refractivity contribution < 1.29 is 23.7 Å². The lowest BCUT2D eigenvalue weighted by Crippen LogP contribution is -2.23. The van der Waals surface area contributed by atoms with E-state index in [0.717, 1.165) is 0 Å². The quantitative estimate of drug-likeness (QED) is 0.329. The standard InChI is InChI=1S/C15H26O5/c1-5-8-17-10-12-19-13-11-18-9-6-7-14(16)20-15(2,3)4/h1H,6-13H2,2-4H3. The van der Waals surface area contributed by atoms with Crippen LogP contribution in [0.15, 0.2) is 0 Å². The number of ether oxygens (including phenoxy) is 4. The molecule has 0 heterocycles. The first-order valence-electron chi connectivity index (χ1n) is 6.84. The molecule has 0 rings (SSSR count). The Morgan fingerprint density at radius 1 is 1.00 bits per heavy atom. The molecule has 0 radical (unpaired) electrons. The van der Waals surface area contributed by atoms with E-state index in [4.69, 9.17) is 25.4 Å². The van der Waals surface area contributed by atoms with Gasteiger partial charge in [0.05, 0.1) is 26.4 Å². The van der Waals surface area contributed by atoms with E-state index in [1.54, 1.807) is 0 Å². The molecule has 0 N–H and O–H groups in total. The monoisotopic (exact) mass is 286 g/mol. The van der Waals surface area contributed by atoms with Crippen LogP contribution in [0.5, 0.6) is 0 Å². The van der Waals surface area contributed by atoms with Crippen LogP contribution in [0.25, 0.3) is 0 Å². The Bertz CT molecular complexity index is 288. The first-order valence-corrected chi connectivity index (χ1v) is 6.84. The van der Waals surface area contributed by atoms with Gasteiger partial charge in [-0.3, -0.25) is 4.79 Å². The van der Waals surface area contributed by atoms with Crippen LogP contribution in [-0.2, 0) is 23.7 Å². The van der Waals surface area contributed by atoms with E-state index in [1.165, 1.54) is 0 Å². The van der Waals surface area contributed by atoms with E-state index in [1.807, 2.05) is 20.8 Å². The maximum atomic E-state index is 11.4. The van der Waals surface area contributed by atoms with Gasteiger partial charge in [-0.25, -0.2) is 0 Å². The third-order valence-electron chi connectivity index (χ3n) is 2.02. The summed E-state index contributed by atoms with van der Waals surface area (Å²) in [4.78, 5) is 11.4. The van der Waals surface area contributed by atoms with Crippen LogP contribution in [0.4, 0.5) is 0 Å². The van der Waals surface area contributed by atoms with E-state index in [0.29, 0.717) is 52.5 Å². The molecule has 0 saturated carbocycles. The van der Waals surface area contributed by atoms with E-state index in [9.17, 15) is 4.79 Å². The summed E-state index contributed by atoms with van der Waals surface area (Å²) in [6, 6.07) is 0. The van der Waals surface area contributed by atoms with Crippen molar-refractivity contribution in [1.29, 1.82) is 0 Å². The summed E-state index contributed by atoms with van der Waals surface area (Å²) in [5.41, 5.74) is -0.423. The van der Waals surface area contributed by atoms with Crippen molar-refractivity contribution >= 4 is 5.97 Å². The average Bonchev–Trinajstić information content (AvgIpc) is 2.34. The van der Waals surface area contributed by atoms with Gasteiger partial charge in [0.15, 0.2) is 0 Å². The number of hydrogen-bond donors (Lipinski definition) is 0. The molecule has 0 aromatic carbocycles. The van der Waals surface area contributed by atoms with Gasteiger partial charge in [-0.2, -0.15) is 0 Å². The van der Waals surface area contributed by atoms with Crippen molar-refractivity contribution in [3.05, 3.63) is 0 Å². The van der Waals surface area contributed by atoms with Crippen LogP contribution >= 0.6 is 0 Å². The molecule has 0 aliphatic carbocycles. The second-order valence-electron chi connectivity index (χ2n) is 5.17. The number of rotatable bonds is 11. The lowest BCUT2D eigenvalue weighted by atomic mass is 10.2. The molecule has 0 bridgehead atoms. The number of carbonyl (C=O) groups excluding carboxylic acids is 1. The lowest BCUT2D eigenvalue weighted by molar-refractivity contribution is -0.155.